The highest BCUT2D eigenvalue weighted by Gasteiger charge is 2.14. The molecule has 2 amide bonds. The van der Waals surface area contributed by atoms with E-state index in [0.717, 1.165) is 51.5 Å². The topological polar surface area (TPSA) is 58.2 Å². The molecule has 4 heteroatoms. The van der Waals surface area contributed by atoms with Crippen LogP contribution in [0.25, 0.3) is 0 Å². The standard InChI is InChI=1S/C20H39N2O2/c1-4-6-15-18(5-2)20(24)22-17-14-12-10-8-7-9-11-13-16-19(23)21-3/h18H,3-17H2,1-2H3,(H,21,23)(H,22,24). The van der Waals surface area contributed by atoms with Gasteiger partial charge >= 0.3 is 0 Å². The Balaban J connectivity index is 3.38. The summed E-state index contributed by atoms with van der Waals surface area (Å²) in [6, 6.07) is 0. The lowest BCUT2D eigenvalue weighted by molar-refractivity contribution is -0.125. The summed E-state index contributed by atoms with van der Waals surface area (Å²) in [6.07, 6.45) is 14.2. The summed E-state index contributed by atoms with van der Waals surface area (Å²) < 4.78 is 0. The maximum absolute atomic E-state index is 12.0. The highest BCUT2D eigenvalue weighted by Crippen LogP contribution is 2.13. The van der Waals surface area contributed by atoms with Crippen LogP contribution in [0, 0.1) is 13.0 Å². The van der Waals surface area contributed by atoms with Gasteiger partial charge in [-0.2, -0.15) is 0 Å². The van der Waals surface area contributed by atoms with E-state index in [0.29, 0.717) is 6.42 Å². The Kier molecular flexibility index (Phi) is 16.0. The van der Waals surface area contributed by atoms with Crippen LogP contribution in [-0.4, -0.2) is 18.4 Å². The fraction of sp³-hybridized carbons (Fsp3) is 0.850. The van der Waals surface area contributed by atoms with Gasteiger partial charge in [-0.05, 0) is 25.7 Å². The maximum atomic E-state index is 12.0. The fourth-order valence-corrected chi connectivity index (χ4v) is 2.89. The summed E-state index contributed by atoms with van der Waals surface area (Å²) in [5, 5.41) is 5.50. The largest absolute Gasteiger partial charge is 0.356 e. The average Bonchev–Trinajstić information content (AvgIpc) is 2.59. The molecule has 0 aromatic heterocycles. The van der Waals surface area contributed by atoms with Gasteiger partial charge in [-0.3, -0.25) is 9.59 Å². The van der Waals surface area contributed by atoms with Gasteiger partial charge < -0.3 is 10.6 Å². The Morgan fingerprint density at radius 3 is 2.00 bits per heavy atom. The molecule has 0 aliphatic carbocycles. The Hall–Kier alpha value is -1.06. The predicted octanol–water partition coefficient (Wildman–Crippen LogP) is 4.74. The predicted molar refractivity (Wildman–Crippen MR) is 101 cm³/mol. The molecule has 0 fully saturated rings. The van der Waals surface area contributed by atoms with Gasteiger partial charge in [0.1, 0.15) is 0 Å². The van der Waals surface area contributed by atoms with E-state index in [1.165, 1.54) is 32.1 Å². The molecule has 0 aliphatic rings. The maximum Gasteiger partial charge on any atom is 0.223 e. The van der Waals surface area contributed by atoms with Gasteiger partial charge in [0.2, 0.25) is 11.8 Å². The zero-order chi connectivity index (χ0) is 18.0. The molecular formula is C20H39N2O2. The molecule has 0 aromatic rings. The smallest absolute Gasteiger partial charge is 0.223 e. The third-order valence-electron chi connectivity index (χ3n) is 4.60. The molecule has 0 bridgehead atoms. The van der Waals surface area contributed by atoms with E-state index in [2.05, 4.69) is 31.5 Å². The number of carbonyl (C=O) groups is 2. The summed E-state index contributed by atoms with van der Waals surface area (Å²) in [7, 11) is 3.36. The second-order valence-electron chi connectivity index (χ2n) is 6.72. The van der Waals surface area contributed by atoms with Crippen LogP contribution >= 0.6 is 0 Å². The number of amides is 2. The molecule has 1 atom stereocenters. The van der Waals surface area contributed by atoms with Gasteiger partial charge in [0.05, 0.1) is 0 Å². The Morgan fingerprint density at radius 1 is 0.875 bits per heavy atom. The van der Waals surface area contributed by atoms with Crippen molar-refractivity contribution in [2.24, 2.45) is 5.92 Å². The van der Waals surface area contributed by atoms with E-state index in [1.54, 1.807) is 0 Å². The Bertz CT molecular complexity index is 319. The van der Waals surface area contributed by atoms with E-state index in [-0.39, 0.29) is 17.7 Å². The molecule has 4 nitrogen and oxygen atoms in total. The number of carbonyl (C=O) groups excluding carboxylic acids is 2. The van der Waals surface area contributed by atoms with Crippen molar-refractivity contribution in [1.82, 2.24) is 10.6 Å². The van der Waals surface area contributed by atoms with E-state index >= 15 is 0 Å². The first-order valence-electron chi connectivity index (χ1n) is 9.99. The van der Waals surface area contributed by atoms with Crippen molar-refractivity contribution in [1.29, 1.82) is 0 Å². The van der Waals surface area contributed by atoms with Gasteiger partial charge in [0.15, 0.2) is 0 Å². The van der Waals surface area contributed by atoms with E-state index in [9.17, 15) is 9.59 Å². The summed E-state index contributed by atoms with van der Waals surface area (Å²) in [4.78, 5) is 23.0. The fourth-order valence-electron chi connectivity index (χ4n) is 2.89. The molecule has 0 aliphatic heterocycles. The molecule has 0 aromatic carbocycles. The first-order chi connectivity index (χ1) is 11.7. The molecule has 0 rings (SSSR count). The third-order valence-corrected chi connectivity index (χ3v) is 4.60. The van der Waals surface area contributed by atoms with Crippen molar-refractivity contribution in [3.63, 3.8) is 0 Å². The summed E-state index contributed by atoms with van der Waals surface area (Å²) in [5.74, 6) is 0.491. The molecule has 0 spiro atoms. The van der Waals surface area contributed by atoms with Gasteiger partial charge in [-0.1, -0.05) is 65.2 Å². The first-order valence-corrected chi connectivity index (χ1v) is 9.99. The number of nitrogens with one attached hydrogen (secondary N) is 2. The molecule has 1 radical (unpaired) electrons. The second kappa shape index (κ2) is 16.8. The summed E-state index contributed by atoms with van der Waals surface area (Å²) in [6.45, 7) is 5.09. The van der Waals surface area contributed by atoms with Gasteiger partial charge in [-0.25, -0.2) is 0 Å². The normalized spacial score (nSPS) is 12.0. The summed E-state index contributed by atoms with van der Waals surface area (Å²) in [5.41, 5.74) is 0. The van der Waals surface area contributed by atoms with Crippen LogP contribution in [0.2, 0.25) is 0 Å². The van der Waals surface area contributed by atoms with Crippen molar-refractivity contribution >= 4 is 11.8 Å². The van der Waals surface area contributed by atoms with Crippen molar-refractivity contribution in [3.8, 4) is 0 Å². The zero-order valence-corrected chi connectivity index (χ0v) is 16.0. The number of hydrogen-bond donors (Lipinski definition) is 2. The summed E-state index contributed by atoms with van der Waals surface area (Å²) >= 11 is 0. The van der Waals surface area contributed by atoms with Crippen LogP contribution in [0.5, 0.6) is 0 Å². The van der Waals surface area contributed by atoms with E-state index < -0.39 is 0 Å². The van der Waals surface area contributed by atoms with Crippen molar-refractivity contribution in [2.75, 3.05) is 6.54 Å². The highest BCUT2D eigenvalue weighted by molar-refractivity contribution is 5.78. The van der Waals surface area contributed by atoms with Gasteiger partial charge in [0.25, 0.3) is 0 Å². The highest BCUT2D eigenvalue weighted by atomic mass is 16.2. The van der Waals surface area contributed by atoms with Crippen LogP contribution in [0.3, 0.4) is 0 Å². The van der Waals surface area contributed by atoms with Crippen LogP contribution in [-0.2, 0) is 9.59 Å². The monoisotopic (exact) mass is 339 g/mol. The van der Waals surface area contributed by atoms with Crippen LogP contribution in [0.4, 0.5) is 0 Å². The Labute approximate surface area is 149 Å². The molecule has 0 saturated carbocycles. The van der Waals surface area contributed by atoms with E-state index in [4.69, 9.17) is 0 Å². The van der Waals surface area contributed by atoms with Gasteiger partial charge in [0, 0.05) is 25.9 Å². The molecule has 1 unspecified atom stereocenters. The quantitative estimate of drug-likeness (QED) is 0.399. The molecule has 0 heterocycles. The number of unbranched alkanes of at least 4 members (excludes halogenated alkanes) is 8. The molecule has 2 N–H and O–H groups in total. The molecular weight excluding hydrogens is 300 g/mol. The van der Waals surface area contributed by atoms with Gasteiger partial charge in [-0.15, -0.1) is 0 Å². The lowest BCUT2D eigenvalue weighted by Gasteiger charge is -2.14. The number of hydrogen-bond acceptors (Lipinski definition) is 2. The lowest BCUT2D eigenvalue weighted by atomic mass is 9.98. The van der Waals surface area contributed by atoms with Crippen LogP contribution in [0.15, 0.2) is 0 Å². The lowest BCUT2D eigenvalue weighted by Crippen LogP contribution is -2.31. The Morgan fingerprint density at radius 2 is 1.46 bits per heavy atom. The first kappa shape index (κ1) is 22.9. The molecule has 0 saturated heterocycles. The number of rotatable bonds is 16. The van der Waals surface area contributed by atoms with Crippen LogP contribution in [0.1, 0.15) is 97.3 Å². The third kappa shape index (κ3) is 13.4. The minimum atomic E-state index is 0.0389. The van der Waals surface area contributed by atoms with Crippen molar-refractivity contribution < 1.29 is 9.59 Å². The minimum absolute atomic E-state index is 0.0389. The zero-order valence-electron chi connectivity index (χ0n) is 16.0. The minimum Gasteiger partial charge on any atom is -0.356 e. The second-order valence-corrected chi connectivity index (χ2v) is 6.72. The molecule has 24 heavy (non-hydrogen) atoms. The average molecular weight is 340 g/mol. The van der Waals surface area contributed by atoms with Crippen molar-refractivity contribution in [2.45, 2.75) is 97.3 Å². The van der Waals surface area contributed by atoms with Crippen molar-refractivity contribution in [3.05, 3.63) is 7.05 Å². The van der Waals surface area contributed by atoms with Crippen LogP contribution < -0.4 is 10.6 Å². The van der Waals surface area contributed by atoms with E-state index in [1.807, 2.05) is 0 Å². The molecule has 141 valence electrons. The SMILES string of the molecule is [CH2]NC(=O)CCCCCCCCCCNC(=O)C(CC)CCCC.